The van der Waals surface area contributed by atoms with Gasteiger partial charge in [0.2, 0.25) is 0 Å². The normalized spacial score (nSPS) is 13.1. The smallest absolute Gasteiger partial charge is 1.00 e. The fourth-order valence-corrected chi connectivity index (χ4v) is 3.39. The van der Waals surface area contributed by atoms with Crippen molar-refractivity contribution in [3.63, 3.8) is 0 Å². The molecule has 0 amide bonds. The number of rotatable bonds is 1. The van der Waals surface area contributed by atoms with E-state index in [0.29, 0.717) is 5.92 Å². The summed E-state index contributed by atoms with van der Waals surface area (Å²) in [5, 5.41) is 2.63. The van der Waals surface area contributed by atoms with Gasteiger partial charge in [-0.1, -0.05) is 79.3 Å². The van der Waals surface area contributed by atoms with Crippen molar-refractivity contribution in [1.82, 2.24) is 0 Å². The predicted octanol–water partition coefficient (Wildman–Crippen LogP) is -2.22. The molecule has 0 heterocycles. The van der Waals surface area contributed by atoms with E-state index in [1.54, 1.807) is 0 Å². The number of benzene rings is 2. The number of hydrogen-bond acceptors (Lipinski definition) is 0. The zero-order valence-electron chi connectivity index (χ0n) is 13.6. The Balaban J connectivity index is 0.000000960. The Morgan fingerprint density at radius 2 is 1.54 bits per heavy atom. The zero-order chi connectivity index (χ0) is 14.4. The second-order valence-electron chi connectivity index (χ2n) is 5.92. The summed E-state index contributed by atoms with van der Waals surface area (Å²) in [6.45, 7) is 4.40. The van der Waals surface area contributed by atoms with Gasteiger partial charge in [-0.2, -0.15) is 0 Å². The van der Waals surface area contributed by atoms with Crippen LogP contribution in [-0.2, 0) is 26.2 Å². The maximum absolute atomic E-state index is 3.62. The largest absolute Gasteiger partial charge is 3.00 e. The second kappa shape index (κ2) is 8.48. The molecule has 2 aliphatic carbocycles. The van der Waals surface area contributed by atoms with Crippen molar-refractivity contribution in [3.8, 4) is 11.1 Å². The van der Waals surface area contributed by atoms with Crippen molar-refractivity contribution in [2.75, 3.05) is 0 Å². The van der Waals surface area contributed by atoms with Gasteiger partial charge < -0.3 is 24.8 Å². The van der Waals surface area contributed by atoms with Crippen LogP contribution in [-0.4, -0.2) is 0 Å². The van der Waals surface area contributed by atoms with Crippen molar-refractivity contribution >= 4 is 11.6 Å². The molecule has 0 atom stereocenters. The molecule has 0 fully saturated rings. The van der Waals surface area contributed by atoms with Gasteiger partial charge >= 0.3 is 26.2 Å². The van der Waals surface area contributed by atoms with Crippen LogP contribution in [0.1, 0.15) is 30.9 Å². The van der Waals surface area contributed by atoms with Gasteiger partial charge in [0.15, 0.2) is 0 Å². The summed E-state index contributed by atoms with van der Waals surface area (Å²) in [5.41, 5.74) is 6.58. The van der Waals surface area contributed by atoms with E-state index >= 15 is 0 Å². The van der Waals surface area contributed by atoms with Crippen molar-refractivity contribution in [2.45, 2.75) is 19.8 Å². The third-order valence-corrected chi connectivity index (χ3v) is 4.32. The first-order chi connectivity index (χ1) is 10.3. The quantitative estimate of drug-likeness (QED) is 0.383. The molecule has 0 N–H and O–H groups in total. The minimum Gasteiger partial charge on any atom is -1.00 e. The van der Waals surface area contributed by atoms with E-state index < -0.39 is 0 Å². The van der Waals surface area contributed by atoms with E-state index in [9.17, 15) is 0 Å². The van der Waals surface area contributed by atoms with Crippen LogP contribution in [0.2, 0.25) is 0 Å². The molecule has 0 bridgehead atoms. The molecule has 24 heavy (non-hydrogen) atoms. The molecule has 0 saturated carbocycles. The minimum atomic E-state index is 0. The van der Waals surface area contributed by atoms with E-state index in [-0.39, 0.29) is 51.0 Å². The average molecular weight is 431 g/mol. The number of allylic oxidation sites excluding steroid dienone is 4. The van der Waals surface area contributed by atoms with Crippen LogP contribution in [0.25, 0.3) is 22.8 Å². The summed E-state index contributed by atoms with van der Waals surface area (Å²) in [4.78, 5) is 0. The van der Waals surface area contributed by atoms with Gasteiger partial charge in [-0.3, -0.25) is 0 Å². The molecule has 4 rings (SSSR count). The third-order valence-electron chi connectivity index (χ3n) is 4.32. The molecular formula is C21H17Cl2Zr. The Morgan fingerprint density at radius 1 is 0.875 bits per heavy atom. The first kappa shape index (κ1) is 21.2. The number of hydrogen-bond donors (Lipinski definition) is 0. The molecule has 2 aromatic rings. The summed E-state index contributed by atoms with van der Waals surface area (Å²) >= 11 is 0. The topological polar surface area (TPSA) is 0 Å². The Morgan fingerprint density at radius 3 is 2.21 bits per heavy atom. The van der Waals surface area contributed by atoms with E-state index in [2.05, 4.69) is 80.6 Å². The molecule has 0 saturated heterocycles. The second-order valence-corrected chi connectivity index (χ2v) is 5.92. The molecule has 2 aliphatic rings. The predicted molar refractivity (Wildman–Crippen MR) is 89.4 cm³/mol. The first-order valence-corrected chi connectivity index (χ1v) is 7.44. The van der Waals surface area contributed by atoms with Gasteiger partial charge in [0.25, 0.3) is 0 Å². The first-order valence-electron chi connectivity index (χ1n) is 7.44. The number of halogens is 2. The van der Waals surface area contributed by atoms with E-state index in [1.807, 2.05) is 0 Å². The SMILES string of the molecule is CC(C)=c1c(C2C=CC=C2)ccc2c1=[C-]c1ccccc1-2.[Cl-].[Cl-].[Zr+3]. The molecule has 119 valence electrons. The summed E-state index contributed by atoms with van der Waals surface area (Å²) in [6, 6.07) is 13.1. The fraction of sp³-hybridized carbons (Fsp3) is 0.143. The Labute approximate surface area is 175 Å². The molecule has 3 heteroatoms. The molecular weight excluding hydrogens is 414 g/mol. The summed E-state index contributed by atoms with van der Waals surface area (Å²) in [7, 11) is 0. The standard InChI is InChI=1S/C21H17.2ClH.Zr/c1-14(2)21-18(15-7-3-4-8-15)11-12-19-17-10-6-5-9-16(17)13-20(19)21;;;/h3-12,15H,1-2H3;2*1H;/q-1;;;+3/p-2. The summed E-state index contributed by atoms with van der Waals surface area (Å²) in [6.07, 6.45) is 12.4. The van der Waals surface area contributed by atoms with Gasteiger partial charge in [0, 0.05) is 5.92 Å². The average Bonchev–Trinajstić information content (AvgIpc) is 3.13. The maximum Gasteiger partial charge on any atom is 3.00 e. The van der Waals surface area contributed by atoms with Crippen LogP contribution < -0.4 is 35.3 Å². The molecule has 0 spiro atoms. The number of fused-ring (bicyclic) bond motifs is 3. The Hall–Kier alpha value is -0.877. The zero-order valence-corrected chi connectivity index (χ0v) is 17.6. The van der Waals surface area contributed by atoms with Crippen molar-refractivity contribution in [3.05, 3.63) is 82.3 Å². The van der Waals surface area contributed by atoms with Crippen molar-refractivity contribution in [1.29, 1.82) is 0 Å². The van der Waals surface area contributed by atoms with E-state index in [4.69, 9.17) is 0 Å². The minimum absolute atomic E-state index is 0. The molecule has 0 nitrogen and oxygen atoms in total. The molecule has 0 aromatic heterocycles. The van der Waals surface area contributed by atoms with Gasteiger partial charge in [0.05, 0.1) is 0 Å². The van der Waals surface area contributed by atoms with Crippen molar-refractivity contribution < 1.29 is 51.0 Å². The van der Waals surface area contributed by atoms with Crippen LogP contribution in [0, 0.1) is 0 Å². The van der Waals surface area contributed by atoms with Gasteiger partial charge in [-0.15, -0.1) is 39.6 Å². The molecule has 1 radical (unpaired) electrons. The third kappa shape index (κ3) is 3.40. The van der Waals surface area contributed by atoms with Gasteiger partial charge in [0.1, 0.15) is 0 Å². The molecule has 2 aromatic carbocycles. The van der Waals surface area contributed by atoms with Gasteiger partial charge in [-0.25, -0.2) is 0 Å². The molecule has 0 unspecified atom stereocenters. The van der Waals surface area contributed by atoms with Crippen LogP contribution in [0.15, 0.2) is 60.7 Å². The van der Waals surface area contributed by atoms with Gasteiger partial charge in [-0.05, 0) is 0 Å². The summed E-state index contributed by atoms with van der Waals surface area (Å²) in [5.74, 6) is 0.394. The Kier molecular flexibility index (Phi) is 7.48. The van der Waals surface area contributed by atoms with Crippen LogP contribution in [0.5, 0.6) is 0 Å². The van der Waals surface area contributed by atoms with Crippen LogP contribution in [0.4, 0.5) is 0 Å². The van der Waals surface area contributed by atoms with E-state index in [0.717, 1.165) is 0 Å². The molecule has 0 aliphatic heterocycles. The Bertz CT molecular complexity index is 907. The maximum atomic E-state index is 3.62. The van der Waals surface area contributed by atoms with Crippen LogP contribution >= 0.6 is 0 Å². The summed E-state index contributed by atoms with van der Waals surface area (Å²) < 4.78 is 0. The fourth-order valence-electron chi connectivity index (χ4n) is 3.39. The van der Waals surface area contributed by atoms with Crippen molar-refractivity contribution in [2.24, 2.45) is 0 Å². The van der Waals surface area contributed by atoms with Crippen LogP contribution in [0.3, 0.4) is 0 Å². The van der Waals surface area contributed by atoms with E-state index in [1.165, 1.54) is 38.3 Å². The monoisotopic (exact) mass is 429 g/mol.